The molecule has 0 aliphatic heterocycles. The third kappa shape index (κ3) is 6.25. The molecule has 0 radical (unpaired) electrons. The molecule has 0 saturated heterocycles. The Bertz CT molecular complexity index is 535. The van der Waals surface area contributed by atoms with Crippen LogP contribution in [0, 0.1) is 0 Å². The Morgan fingerprint density at radius 1 is 1.18 bits per heavy atom. The molecule has 7 nitrogen and oxygen atoms in total. The van der Waals surface area contributed by atoms with E-state index in [2.05, 4.69) is 5.32 Å². The number of carbonyl (C=O) groups is 3. The van der Waals surface area contributed by atoms with Crippen LogP contribution in [0.5, 0.6) is 0 Å². The van der Waals surface area contributed by atoms with Crippen molar-refractivity contribution in [1.29, 1.82) is 0 Å². The summed E-state index contributed by atoms with van der Waals surface area (Å²) in [6.07, 6.45) is -0.893. The molecule has 7 heteroatoms. The largest absolute Gasteiger partial charge is 0.480 e. The number of hydrogen-bond acceptors (Lipinski definition) is 5. The highest BCUT2D eigenvalue weighted by Crippen LogP contribution is 2.07. The predicted octanol–water partition coefficient (Wildman–Crippen LogP) is 1.82. The summed E-state index contributed by atoms with van der Waals surface area (Å²) in [5.41, 5.74) is -0.461. The summed E-state index contributed by atoms with van der Waals surface area (Å²) in [4.78, 5) is 34.4. The first-order valence-corrected chi connectivity index (χ1v) is 6.63. The number of carboxylic acid groups (broad SMARTS) is 1. The number of benzene rings is 1. The van der Waals surface area contributed by atoms with Gasteiger partial charge in [-0.2, -0.15) is 0 Å². The van der Waals surface area contributed by atoms with Crippen molar-refractivity contribution in [3.63, 3.8) is 0 Å². The molecule has 0 aliphatic carbocycles. The van der Waals surface area contributed by atoms with Gasteiger partial charge in [-0.1, -0.05) is 18.2 Å². The minimum atomic E-state index is -1.39. The smallest absolute Gasteiger partial charge is 0.408 e. The molecule has 1 unspecified atom stereocenters. The van der Waals surface area contributed by atoms with Crippen molar-refractivity contribution in [3.8, 4) is 0 Å². The first-order valence-electron chi connectivity index (χ1n) is 6.63. The maximum absolute atomic E-state index is 11.7. The minimum absolute atomic E-state index is 0.295. The molecule has 0 aromatic heterocycles. The van der Waals surface area contributed by atoms with Crippen LogP contribution in [0.3, 0.4) is 0 Å². The first-order chi connectivity index (χ1) is 10.2. The van der Waals surface area contributed by atoms with Crippen molar-refractivity contribution in [3.05, 3.63) is 35.9 Å². The molecule has 1 amide bonds. The Balaban J connectivity index is 2.57. The van der Waals surface area contributed by atoms with Crippen LogP contribution < -0.4 is 5.32 Å². The van der Waals surface area contributed by atoms with E-state index >= 15 is 0 Å². The van der Waals surface area contributed by atoms with Gasteiger partial charge in [-0.25, -0.2) is 14.4 Å². The quantitative estimate of drug-likeness (QED) is 0.804. The highest BCUT2D eigenvalue weighted by Gasteiger charge is 2.25. The minimum Gasteiger partial charge on any atom is -0.480 e. The van der Waals surface area contributed by atoms with E-state index in [1.54, 1.807) is 51.1 Å². The van der Waals surface area contributed by atoms with E-state index in [9.17, 15) is 14.4 Å². The number of carboxylic acids is 1. The normalized spacial score (nSPS) is 12.1. The zero-order valence-electron chi connectivity index (χ0n) is 12.7. The summed E-state index contributed by atoms with van der Waals surface area (Å²) >= 11 is 0. The predicted molar refractivity (Wildman–Crippen MR) is 77.5 cm³/mol. The summed E-state index contributed by atoms with van der Waals surface area (Å²) < 4.78 is 9.85. The molecule has 22 heavy (non-hydrogen) atoms. The number of rotatable bonds is 5. The van der Waals surface area contributed by atoms with E-state index in [0.717, 1.165) is 0 Å². The summed E-state index contributed by atoms with van der Waals surface area (Å²) in [5.74, 6) is -2.00. The van der Waals surface area contributed by atoms with Gasteiger partial charge in [0, 0.05) is 0 Å². The van der Waals surface area contributed by atoms with Crippen molar-refractivity contribution >= 4 is 18.0 Å². The number of alkyl carbamates (subject to hydrolysis) is 1. The Morgan fingerprint density at radius 3 is 2.27 bits per heavy atom. The second-order valence-corrected chi connectivity index (χ2v) is 5.50. The molecule has 2 N–H and O–H groups in total. The number of amides is 1. The fraction of sp³-hybridized carbons (Fsp3) is 0.400. The SMILES string of the molecule is CC(C)(C)OC(=O)NC(COC(=O)c1ccccc1)C(=O)O. The van der Waals surface area contributed by atoms with Gasteiger partial charge < -0.3 is 19.9 Å². The Labute approximate surface area is 128 Å². The second kappa shape index (κ2) is 7.44. The number of carbonyl (C=O) groups excluding carboxylic acids is 2. The van der Waals surface area contributed by atoms with Crippen LogP contribution in [-0.4, -0.2) is 41.4 Å². The molecule has 0 heterocycles. The van der Waals surface area contributed by atoms with Crippen molar-refractivity contribution in [2.24, 2.45) is 0 Å². The fourth-order valence-corrected chi connectivity index (χ4v) is 1.44. The summed E-state index contributed by atoms with van der Waals surface area (Å²) in [5, 5.41) is 11.2. The number of aliphatic carboxylic acids is 1. The van der Waals surface area contributed by atoms with Gasteiger partial charge in [0.05, 0.1) is 5.56 Å². The Hall–Kier alpha value is -2.57. The van der Waals surface area contributed by atoms with Gasteiger partial charge in [-0.15, -0.1) is 0 Å². The lowest BCUT2D eigenvalue weighted by Gasteiger charge is -2.21. The first kappa shape index (κ1) is 17.5. The van der Waals surface area contributed by atoms with Gasteiger partial charge in [0.1, 0.15) is 12.2 Å². The molecule has 1 aromatic rings. The Kier molecular flexibility index (Phi) is 5.91. The zero-order valence-corrected chi connectivity index (χ0v) is 12.7. The standard InChI is InChI=1S/C15H19NO6/c1-15(2,3)22-14(20)16-11(12(17)18)9-21-13(19)10-7-5-4-6-8-10/h4-8,11H,9H2,1-3H3,(H,16,20)(H,17,18). The fourth-order valence-electron chi connectivity index (χ4n) is 1.44. The van der Waals surface area contributed by atoms with Crippen LogP contribution in [0.25, 0.3) is 0 Å². The molecule has 1 aromatic carbocycles. The van der Waals surface area contributed by atoms with Crippen LogP contribution in [0.15, 0.2) is 30.3 Å². The van der Waals surface area contributed by atoms with Crippen molar-refractivity contribution in [2.75, 3.05) is 6.61 Å². The number of nitrogens with one attached hydrogen (secondary N) is 1. The van der Waals surface area contributed by atoms with Gasteiger partial charge >= 0.3 is 18.0 Å². The molecule has 0 fully saturated rings. The van der Waals surface area contributed by atoms with E-state index < -0.39 is 36.3 Å². The van der Waals surface area contributed by atoms with E-state index in [-0.39, 0.29) is 0 Å². The van der Waals surface area contributed by atoms with Crippen LogP contribution >= 0.6 is 0 Å². The van der Waals surface area contributed by atoms with E-state index in [4.69, 9.17) is 14.6 Å². The third-order valence-electron chi connectivity index (χ3n) is 2.38. The zero-order chi connectivity index (χ0) is 16.8. The van der Waals surface area contributed by atoms with E-state index in [1.165, 1.54) is 0 Å². The van der Waals surface area contributed by atoms with Crippen molar-refractivity contribution in [1.82, 2.24) is 5.32 Å². The number of esters is 1. The lowest BCUT2D eigenvalue weighted by atomic mass is 10.2. The van der Waals surface area contributed by atoms with E-state index in [0.29, 0.717) is 5.56 Å². The maximum Gasteiger partial charge on any atom is 0.408 e. The molecular weight excluding hydrogens is 290 g/mol. The molecular formula is C15H19NO6. The topological polar surface area (TPSA) is 102 Å². The maximum atomic E-state index is 11.7. The average molecular weight is 309 g/mol. The number of ether oxygens (including phenoxy) is 2. The van der Waals surface area contributed by atoms with Gasteiger partial charge in [0.2, 0.25) is 0 Å². The summed E-state index contributed by atoms with van der Waals surface area (Å²) in [6, 6.07) is 6.75. The molecule has 120 valence electrons. The van der Waals surface area contributed by atoms with Gasteiger partial charge in [-0.3, -0.25) is 0 Å². The lowest BCUT2D eigenvalue weighted by Crippen LogP contribution is -2.46. The summed E-state index contributed by atoms with van der Waals surface area (Å²) in [7, 11) is 0. The van der Waals surface area contributed by atoms with Gasteiger partial charge in [0.25, 0.3) is 0 Å². The van der Waals surface area contributed by atoms with Crippen LogP contribution in [0.4, 0.5) is 4.79 Å². The highest BCUT2D eigenvalue weighted by atomic mass is 16.6. The molecule has 0 aliphatic rings. The summed E-state index contributed by atoms with van der Waals surface area (Å²) in [6.45, 7) is 4.45. The Morgan fingerprint density at radius 2 is 1.77 bits per heavy atom. The molecule has 0 bridgehead atoms. The average Bonchev–Trinajstić information content (AvgIpc) is 2.41. The van der Waals surface area contributed by atoms with Crippen LogP contribution in [0.1, 0.15) is 31.1 Å². The molecule has 1 rings (SSSR count). The monoisotopic (exact) mass is 309 g/mol. The lowest BCUT2D eigenvalue weighted by molar-refractivity contribution is -0.140. The second-order valence-electron chi connectivity index (χ2n) is 5.50. The number of hydrogen-bond donors (Lipinski definition) is 2. The van der Waals surface area contributed by atoms with E-state index in [1.807, 2.05) is 0 Å². The molecule has 1 atom stereocenters. The van der Waals surface area contributed by atoms with Crippen molar-refractivity contribution < 1.29 is 29.0 Å². The molecule has 0 saturated carbocycles. The molecule has 0 spiro atoms. The van der Waals surface area contributed by atoms with Crippen molar-refractivity contribution in [2.45, 2.75) is 32.4 Å². The highest BCUT2D eigenvalue weighted by molar-refractivity contribution is 5.89. The van der Waals surface area contributed by atoms with Gasteiger partial charge in [0.15, 0.2) is 6.04 Å². The van der Waals surface area contributed by atoms with Gasteiger partial charge in [-0.05, 0) is 32.9 Å². The van der Waals surface area contributed by atoms with Crippen LogP contribution in [0.2, 0.25) is 0 Å². The van der Waals surface area contributed by atoms with Crippen LogP contribution in [-0.2, 0) is 14.3 Å². The third-order valence-corrected chi connectivity index (χ3v) is 2.38.